The van der Waals surface area contributed by atoms with E-state index in [0.29, 0.717) is 5.82 Å². The lowest BCUT2D eigenvalue weighted by atomic mass is 10.1. The lowest BCUT2D eigenvalue weighted by molar-refractivity contribution is -0.136. The summed E-state index contributed by atoms with van der Waals surface area (Å²) in [7, 11) is 0. The molecule has 0 saturated carbocycles. The van der Waals surface area contributed by atoms with Gasteiger partial charge in [0.05, 0.1) is 12.5 Å². The summed E-state index contributed by atoms with van der Waals surface area (Å²) >= 11 is 0. The number of rotatable bonds is 7. The number of urea groups is 1. The molecule has 0 spiro atoms. The van der Waals surface area contributed by atoms with Gasteiger partial charge in [-0.15, -0.1) is 0 Å². The Kier molecular flexibility index (Phi) is 5.95. The zero-order valence-electron chi connectivity index (χ0n) is 11.9. The SMILES string of the molecule is CCC(C)c1n[nH]c(C(C)NC(=O)NCCC(=O)O)n1. The van der Waals surface area contributed by atoms with Crippen LogP contribution >= 0.6 is 0 Å². The number of carboxylic acid groups (broad SMARTS) is 1. The van der Waals surface area contributed by atoms with Crippen LogP contribution in [-0.2, 0) is 4.79 Å². The number of aromatic amines is 1. The Labute approximate surface area is 117 Å². The van der Waals surface area contributed by atoms with Crippen molar-refractivity contribution in [2.75, 3.05) is 6.54 Å². The molecule has 0 radical (unpaired) electrons. The van der Waals surface area contributed by atoms with Crippen molar-refractivity contribution >= 4 is 12.0 Å². The van der Waals surface area contributed by atoms with E-state index < -0.39 is 12.0 Å². The summed E-state index contributed by atoms with van der Waals surface area (Å²) in [6.07, 6.45) is 0.830. The highest BCUT2D eigenvalue weighted by atomic mass is 16.4. The normalized spacial score (nSPS) is 13.6. The monoisotopic (exact) mass is 283 g/mol. The molecule has 8 heteroatoms. The third-order valence-electron chi connectivity index (χ3n) is 2.96. The van der Waals surface area contributed by atoms with E-state index in [0.717, 1.165) is 12.2 Å². The number of carbonyl (C=O) groups excluding carboxylic acids is 1. The Hall–Kier alpha value is -2.12. The van der Waals surface area contributed by atoms with Gasteiger partial charge >= 0.3 is 12.0 Å². The molecule has 2 atom stereocenters. The number of nitrogens with one attached hydrogen (secondary N) is 3. The standard InChI is InChI=1S/C12H21N5O3/c1-4-7(2)10-15-11(17-16-10)8(3)14-12(20)13-6-5-9(18)19/h7-8H,4-6H2,1-3H3,(H,18,19)(H2,13,14,20)(H,15,16,17). The minimum absolute atomic E-state index is 0.0857. The first-order chi connectivity index (χ1) is 9.43. The smallest absolute Gasteiger partial charge is 0.315 e. The number of aromatic nitrogens is 3. The first kappa shape index (κ1) is 15.9. The molecule has 0 aliphatic rings. The van der Waals surface area contributed by atoms with Crippen molar-refractivity contribution in [3.8, 4) is 0 Å². The predicted octanol–water partition coefficient (Wildman–Crippen LogP) is 1.15. The zero-order valence-corrected chi connectivity index (χ0v) is 11.9. The number of H-pyrrole nitrogens is 1. The van der Waals surface area contributed by atoms with Gasteiger partial charge in [0, 0.05) is 12.5 Å². The number of hydrogen-bond donors (Lipinski definition) is 4. The molecular formula is C12H21N5O3. The van der Waals surface area contributed by atoms with Gasteiger partial charge in [-0.2, -0.15) is 5.10 Å². The third-order valence-corrected chi connectivity index (χ3v) is 2.96. The molecular weight excluding hydrogens is 262 g/mol. The molecule has 2 amide bonds. The molecule has 112 valence electrons. The first-order valence-electron chi connectivity index (χ1n) is 6.62. The van der Waals surface area contributed by atoms with E-state index >= 15 is 0 Å². The fraction of sp³-hybridized carbons (Fsp3) is 0.667. The second-order valence-electron chi connectivity index (χ2n) is 4.65. The Morgan fingerprint density at radius 3 is 2.70 bits per heavy atom. The zero-order chi connectivity index (χ0) is 15.1. The second-order valence-corrected chi connectivity index (χ2v) is 4.65. The molecule has 0 bridgehead atoms. The minimum Gasteiger partial charge on any atom is -0.481 e. The highest BCUT2D eigenvalue weighted by molar-refractivity contribution is 5.75. The average molecular weight is 283 g/mol. The van der Waals surface area contributed by atoms with Crippen LogP contribution in [0.4, 0.5) is 4.79 Å². The molecule has 0 fully saturated rings. The van der Waals surface area contributed by atoms with Gasteiger partial charge < -0.3 is 15.7 Å². The van der Waals surface area contributed by atoms with Crippen LogP contribution in [0.15, 0.2) is 0 Å². The van der Waals surface area contributed by atoms with Crippen molar-refractivity contribution < 1.29 is 14.7 Å². The number of nitrogens with zero attached hydrogens (tertiary/aromatic N) is 2. The Morgan fingerprint density at radius 1 is 1.40 bits per heavy atom. The van der Waals surface area contributed by atoms with Crippen LogP contribution in [0.1, 0.15) is 57.2 Å². The summed E-state index contributed by atoms with van der Waals surface area (Å²) < 4.78 is 0. The molecule has 4 N–H and O–H groups in total. The van der Waals surface area contributed by atoms with Crippen molar-refractivity contribution in [2.24, 2.45) is 0 Å². The lowest BCUT2D eigenvalue weighted by Gasteiger charge is -2.11. The first-order valence-corrected chi connectivity index (χ1v) is 6.62. The highest BCUT2D eigenvalue weighted by Crippen LogP contribution is 2.15. The molecule has 0 aromatic carbocycles. The lowest BCUT2D eigenvalue weighted by Crippen LogP contribution is -2.38. The maximum Gasteiger partial charge on any atom is 0.315 e. The van der Waals surface area contributed by atoms with Crippen LogP contribution in [0.3, 0.4) is 0 Å². The summed E-state index contributed by atoms with van der Waals surface area (Å²) in [5.41, 5.74) is 0. The Bertz CT molecular complexity index is 460. The largest absolute Gasteiger partial charge is 0.481 e. The van der Waals surface area contributed by atoms with Gasteiger partial charge in [0.15, 0.2) is 5.82 Å². The molecule has 1 heterocycles. The van der Waals surface area contributed by atoms with Crippen molar-refractivity contribution in [3.63, 3.8) is 0 Å². The summed E-state index contributed by atoms with van der Waals surface area (Å²) in [4.78, 5) is 26.2. The molecule has 0 aliphatic carbocycles. The summed E-state index contributed by atoms with van der Waals surface area (Å²) in [5, 5.41) is 20.5. The Balaban J connectivity index is 2.45. The topological polar surface area (TPSA) is 120 Å². The van der Waals surface area contributed by atoms with Gasteiger partial charge in [-0.3, -0.25) is 9.89 Å². The quantitative estimate of drug-likeness (QED) is 0.598. The van der Waals surface area contributed by atoms with Gasteiger partial charge in [0.1, 0.15) is 5.82 Å². The van der Waals surface area contributed by atoms with Crippen molar-refractivity contribution in [1.29, 1.82) is 0 Å². The molecule has 1 rings (SSSR count). The van der Waals surface area contributed by atoms with E-state index in [4.69, 9.17) is 5.11 Å². The predicted molar refractivity (Wildman–Crippen MR) is 72.3 cm³/mol. The number of carbonyl (C=O) groups is 2. The number of aliphatic carboxylic acids is 1. The van der Waals surface area contributed by atoms with E-state index in [2.05, 4.69) is 32.7 Å². The van der Waals surface area contributed by atoms with Gasteiger partial charge in [-0.25, -0.2) is 9.78 Å². The van der Waals surface area contributed by atoms with E-state index in [1.165, 1.54) is 0 Å². The minimum atomic E-state index is -0.952. The van der Waals surface area contributed by atoms with Crippen LogP contribution < -0.4 is 10.6 Å². The van der Waals surface area contributed by atoms with Crippen LogP contribution in [0.2, 0.25) is 0 Å². The van der Waals surface area contributed by atoms with E-state index in [9.17, 15) is 9.59 Å². The second kappa shape index (κ2) is 7.46. The van der Waals surface area contributed by atoms with Crippen LogP contribution in [0, 0.1) is 0 Å². The Morgan fingerprint density at radius 2 is 2.10 bits per heavy atom. The van der Waals surface area contributed by atoms with E-state index in [-0.39, 0.29) is 24.9 Å². The molecule has 0 saturated heterocycles. The fourth-order valence-electron chi connectivity index (χ4n) is 1.48. The van der Waals surface area contributed by atoms with Crippen molar-refractivity contribution in [2.45, 2.75) is 45.6 Å². The number of amides is 2. The number of hydrogen-bond acceptors (Lipinski definition) is 4. The van der Waals surface area contributed by atoms with Gasteiger partial charge in [-0.05, 0) is 13.3 Å². The molecule has 0 aliphatic heterocycles. The fourth-order valence-corrected chi connectivity index (χ4v) is 1.48. The van der Waals surface area contributed by atoms with Crippen LogP contribution in [-0.4, -0.2) is 38.8 Å². The van der Waals surface area contributed by atoms with E-state index in [1.807, 2.05) is 6.92 Å². The summed E-state index contributed by atoms with van der Waals surface area (Å²) in [6, 6.07) is -0.759. The molecule has 2 unspecified atom stereocenters. The van der Waals surface area contributed by atoms with Gasteiger partial charge in [0.25, 0.3) is 0 Å². The molecule has 8 nitrogen and oxygen atoms in total. The van der Waals surface area contributed by atoms with E-state index in [1.54, 1.807) is 6.92 Å². The maximum atomic E-state index is 11.5. The van der Waals surface area contributed by atoms with Crippen LogP contribution in [0.25, 0.3) is 0 Å². The third kappa shape index (κ3) is 4.87. The molecule has 1 aromatic rings. The number of carboxylic acids is 1. The maximum absolute atomic E-state index is 11.5. The highest BCUT2D eigenvalue weighted by Gasteiger charge is 2.16. The average Bonchev–Trinajstić information content (AvgIpc) is 2.86. The molecule has 1 aromatic heterocycles. The van der Waals surface area contributed by atoms with Gasteiger partial charge in [-0.1, -0.05) is 13.8 Å². The van der Waals surface area contributed by atoms with Crippen molar-refractivity contribution in [3.05, 3.63) is 11.6 Å². The summed E-state index contributed by atoms with van der Waals surface area (Å²) in [6.45, 7) is 5.95. The van der Waals surface area contributed by atoms with Gasteiger partial charge in [0.2, 0.25) is 0 Å². The summed E-state index contributed by atoms with van der Waals surface area (Å²) in [5.74, 6) is 0.611. The molecule has 20 heavy (non-hydrogen) atoms. The van der Waals surface area contributed by atoms with Crippen LogP contribution in [0.5, 0.6) is 0 Å². The van der Waals surface area contributed by atoms with Crippen molar-refractivity contribution in [1.82, 2.24) is 25.8 Å².